The van der Waals surface area contributed by atoms with Gasteiger partial charge in [-0.15, -0.1) is 11.8 Å². The second-order valence-corrected chi connectivity index (χ2v) is 4.65. The van der Waals surface area contributed by atoms with Crippen molar-refractivity contribution in [3.63, 3.8) is 0 Å². The van der Waals surface area contributed by atoms with Crippen LogP contribution in [-0.4, -0.2) is 28.8 Å². The lowest BCUT2D eigenvalue weighted by molar-refractivity contribution is 0.113. The van der Waals surface area contributed by atoms with Crippen molar-refractivity contribution >= 4 is 23.5 Å². The van der Waals surface area contributed by atoms with Gasteiger partial charge >= 0.3 is 0 Å². The van der Waals surface area contributed by atoms with Gasteiger partial charge in [-0.1, -0.05) is 11.8 Å². The van der Waals surface area contributed by atoms with E-state index in [9.17, 15) is 8.78 Å². The number of hydrogen-bond acceptors (Lipinski definition) is 4. The molecule has 1 atom stereocenters. The Kier molecular flexibility index (Phi) is 3.52. The van der Waals surface area contributed by atoms with E-state index >= 15 is 0 Å². The van der Waals surface area contributed by atoms with Gasteiger partial charge < -0.3 is 10.6 Å². The maximum atomic E-state index is 12.0. The van der Waals surface area contributed by atoms with E-state index in [2.05, 4.69) is 0 Å². The molecule has 0 fully saturated rings. The first-order valence-electron chi connectivity index (χ1n) is 3.34. The molecular weight excluding hydrogens is 202 g/mol. The van der Waals surface area contributed by atoms with Crippen LogP contribution in [0, 0.1) is 0 Å². The Hall–Kier alpha value is -0.100. The lowest BCUT2D eigenvalue weighted by Crippen LogP contribution is -2.26. The molecule has 1 aliphatic rings. The minimum atomic E-state index is -2.30. The monoisotopic (exact) mass is 212 g/mol. The van der Waals surface area contributed by atoms with Gasteiger partial charge in [-0.2, -0.15) is 0 Å². The van der Waals surface area contributed by atoms with Gasteiger partial charge in [-0.3, -0.25) is 0 Å². The summed E-state index contributed by atoms with van der Waals surface area (Å²) in [5, 5.41) is 0.606. The molecule has 0 radical (unpaired) electrons. The van der Waals surface area contributed by atoms with Crippen LogP contribution in [0.2, 0.25) is 0 Å². The van der Waals surface area contributed by atoms with Crippen LogP contribution in [0.15, 0.2) is 11.2 Å². The zero-order valence-electron chi connectivity index (χ0n) is 6.54. The van der Waals surface area contributed by atoms with Crippen LogP contribution >= 0.6 is 23.5 Å². The molecule has 0 amide bonds. The quantitative estimate of drug-likeness (QED) is 0.771. The summed E-state index contributed by atoms with van der Waals surface area (Å²) >= 11 is 2.92. The molecule has 0 aliphatic carbocycles. The number of rotatable bonds is 3. The van der Waals surface area contributed by atoms with Crippen molar-refractivity contribution in [1.29, 1.82) is 0 Å². The third-order valence-corrected chi connectivity index (χ3v) is 3.74. The summed E-state index contributed by atoms with van der Waals surface area (Å²) in [6, 6.07) is 0. The van der Waals surface area contributed by atoms with Crippen LogP contribution in [0.5, 0.6) is 0 Å². The third-order valence-electron chi connectivity index (χ3n) is 1.35. The van der Waals surface area contributed by atoms with E-state index < -0.39 is 6.43 Å². The molecule has 12 heavy (non-hydrogen) atoms. The highest BCUT2D eigenvalue weighted by atomic mass is 32.2. The van der Waals surface area contributed by atoms with E-state index in [4.69, 9.17) is 5.73 Å². The molecule has 2 nitrogen and oxygen atoms in total. The van der Waals surface area contributed by atoms with Crippen molar-refractivity contribution in [3.05, 3.63) is 11.2 Å². The van der Waals surface area contributed by atoms with E-state index in [1.54, 1.807) is 11.1 Å². The SMILES string of the molecule is CSC1SC(N)=CN1CC(F)F. The maximum Gasteiger partial charge on any atom is 0.255 e. The molecule has 0 saturated carbocycles. The van der Waals surface area contributed by atoms with E-state index in [-0.39, 0.29) is 11.3 Å². The van der Waals surface area contributed by atoms with Crippen LogP contribution in [0.4, 0.5) is 8.78 Å². The fraction of sp³-hybridized carbons (Fsp3) is 0.667. The standard InChI is InChI=1S/C6H10F2N2S2/c1-11-6-10(2-4(7)8)3-5(9)12-6/h3-4,6H,2,9H2,1H3. The minimum Gasteiger partial charge on any atom is -0.392 e. The second kappa shape index (κ2) is 4.23. The van der Waals surface area contributed by atoms with Crippen LogP contribution < -0.4 is 5.73 Å². The van der Waals surface area contributed by atoms with Crippen molar-refractivity contribution in [2.45, 2.75) is 11.1 Å². The molecule has 0 bridgehead atoms. The molecule has 6 heteroatoms. The first kappa shape index (κ1) is 9.98. The summed E-state index contributed by atoms with van der Waals surface area (Å²) < 4.78 is 24.0. The van der Waals surface area contributed by atoms with Crippen LogP contribution in [0.3, 0.4) is 0 Å². The average Bonchev–Trinajstić information content (AvgIpc) is 2.29. The normalized spacial score (nSPS) is 23.5. The fourth-order valence-corrected chi connectivity index (χ4v) is 2.77. The van der Waals surface area contributed by atoms with Crippen LogP contribution in [-0.2, 0) is 0 Å². The average molecular weight is 212 g/mol. The molecule has 1 rings (SSSR count). The van der Waals surface area contributed by atoms with Gasteiger partial charge in [0.25, 0.3) is 6.43 Å². The third kappa shape index (κ3) is 2.45. The summed E-state index contributed by atoms with van der Waals surface area (Å²) in [4.78, 5) is 1.56. The molecule has 0 saturated heterocycles. The van der Waals surface area contributed by atoms with Crippen molar-refractivity contribution in [2.75, 3.05) is 12.8 Å². The van der Waals surface area contributed by atoms with Gasteiger partial charge in [0.15, 0.2) is 0 Å². The fourth-order valence-electron chi connectivity index (χ4n) is 0.920. The molecule has 70 valence electrons. The highest BCUT2D eigenvalue weighted by molar-refractivity contribution is 8.18. The molecule has 1 aliphatic heterocycles. The van der Waals surface area contributed by atoms with Gasteiger partial charge in [-0.05, 0) is 6.26 Å². The molecule has 0 aromatic rings. The molecule has 0 aromatic heterocycles. The predicted molar refractivity (Wildman–Crippen MR) is 49.9 cm³/mol. The number of thioether (sulfide) groups is 2. The maximum absolute atomic E-state index is 12.0. The molecular formula is C6H10F2N2S2. The largest absolute Gasteiger partial charge is 0.392 e. The summed E-state index contributed by atoms with van der Waals surface area (Å²) in [6.45, 7) is -0.237. The number of nitrogens with two attached hydrogens (primary N) is 1. The predicted octanol–water partition coefficient (Wildman–Crippen LogP) is 1.70. The molecule has 2 N–H and O–H groups in total. The van der Waals surface area contributed by atoms with Crippen molar-refractivity contribution in [2.24, 2.45) is 5.73 Å². The first-order chi connectivity index (χ1) is 5.63. The van der Waals surface area contributed by atoms with Crippen LogP contribution in [0.25, 0.3) is 0 Å². The second-order valence-electron chi connectivity index (χ2n) is 2.28. The highest BCUT2D eigenvalue weighted by Crippen LogP contribution is 2.35. The Balaban J connectivity index is 2.49. The summed E-state index contributed by atoms with van der Waals surface area (Å²) in [5.41, 5.74) is 5.49. The molecule has 0 spiro atoms. The molecule has 1 heterocycles. The first-order valence-corrected chi connectivity index (χ1v) is 5.51. The van der Waals surface area contributed by atoms with Gasteiger partial charge in [0.1, 0.15) is 4.71 Å². The highest BCUT2D eigenvalue weighted by Gasteiger charge is 2.25. The molecule has 0 aromatic carbocycles. The van der Waals surface area contributed by atoms with E-state index in [1.165, 1.54) is 23.5 Å². The number of alkyl halides is 2. The van der Waals surface area contributed by atoms with E-state index in [0.717, 1.165) is 0 Å². The van der Waals surface area contributed by atoms with Crippen molar-refractivity contribution in [3.8, 4) is 0 Å². The Morgan fingerprint density at radius 1 is 1.83 bits per heavy atom. The van der Waals surface area contributed by atoms with Gasteiger partial charge in [0.2, 0.25) is 0 Å². The lowest BCUT2D eigenvalue weighted by atomic mass is 10.6. The Morgan fingerprint density at radius 2 is 2.50 bits per heavy atom. The van der Waals surface area contributed by atoms with Crippen molar-refractivity contribution < 1.29 is 8.78 Å². The van der Waals surface area contributed by atoms with Gasteiger partial charge in [0, 0.05) is 6.20 Å². The smallest absolute Gasteiger partial charge is 0.255 e. The summed E-state index contributed by atoms with van der Waals surface area (Å²) in [7, 11) is 0. The van der Waals surface area contributed by atoms with Gasteiger partial charge in [-0.25, -0.2) is 8.78 Å². The topological polar surface area (TPSA) is 29.3 Å². The summed E-state index contributed by atoms with van der Waals surface area (Å²) in [6.07, 6.45) is 1.16. The number of halogens is 2. The van der Waals surface area contributed by atoms with Crippen LogP contribution in [0.1, 0.15) is 0 Å². The Bertz CT molecular complexity index is 186. The lowest BCUT2D eigenvalue weighted by Gasteiger charge is -2.21. The summed E-state index contributed by atoms with van der Waals surface area (Å²) in [5.74, 6) is 0. The number of nitrogens with zero attached hydrogens (tertiary/aromatic N) is 1. The van der Waals surface area contributed by atoms with Crippen molar-refractivity contribution in [1.82, 2.24) is 4.90 Å². The zero-order valence-corrected chi connectivity index (χ0v) is 8.17. The minimum absolute atomic E-state index is 0.0130. The van der Waals surface area contributed by atoms with E-state index in [1.807, 2.05) is 6.26 Å². The number of hydrogen-bond donors (Lipinski definition) is 1. The van der Waals surface area contributed by atoms with Gasteiger partial charge in [0.05, 0.1) is 11.6 Å². The Labute approximate surface area is 78.5 Å². The zero-order chi connectivity index (χ0) is 9.14. The Morgan fingerprint density at radius 3 is 3.00 bits per heavy atom. The van der Waals surface area contributed by atoms with E-state index in [0.29, 0.717) is 5.03 Å². The molecule has 1 unspecified atom stereocenters.